The van der Waals surface area contributed by atoms with Crippen molar-refractivity contribution in [1.82, 2.24) is 0 Å². The van der Waals surface area contributed by atoms with Gasteiger partial charge in [-0.3, -0.25) is 14.9 Å². The number of carbonyl (C=O) groups is 1. The first-order valence-electron chi connectivity index (χ1n) is 9.03. The zero-order valence-electron chi connectivity index (χ0n) is 16.0. The molecule has 1 amide bonds. The number of nitro benzene ring substituents is 1. The number of methoxy groups -OCH3 is 1. The molecule has 148 valence electrons. The SMILES string of the molecule is CCOc1cc([N+](=O)[O-])c(C(=O)N2CC[C@H](C)Sc3ccccc32)cc1OC. The molecule has 3 rings (SSSR count). The Bertz CT molecular complexity index is 902. The summed E-state index contributed by atoms with van der Waals surface area (Å²) in [7, 11) is 1.44. The summed E-state index contributed by atoms with van der Waals surface area (Å²) in [4.78, 5) is 27.1. The molecule has 0 fully saturated rings. The van der Waals surface area contributed by atoms with Crippen LogP contribution in [0.1, 0.15) is 30.6 Å². The average Bonchev–Trinajstić information content (AvgIpc) is 2.85. The second-order valence-electron chi connectivity index (χ2n) is 6.35. The molecule has 0 bridgehead atoms. The lowest BCUT2D eigenvalue weighted by atomic mass is 10.1. The summed E-state index contributed by atoms with van der Waals surface area (Å²) in [5, 5.41) is 12.0. The van der Waals surface area contributed by atoms with Crippen LogP contribution in [0, 0.1) is 10.1 Å². The molecule has 0 aromatic heterocycles. The molecule has 2 aromatic carbocycles. The van der Waals surface area contributed by atoms with Gasteiger partial charge in [0, 0.05) is 22.8 Å². The molecule has 2 aromatic rings. The van der Waals surface area contributed by atoms with Crippen LogP contribution in [0.15, 0.2) is 41.3 Å². The van der Waals surface area contributed by atoms with Gasteiger partial charge >= 0.3 is 0 Å². The van der Waals surface area contributed by atoms with E-state index < -0.39 is 10.8 Å². The lowest BCUT2D eigenvalue weighted by molar-refractivity contribution is -0.385. The monoisotopic (exact) mass is 402 g/mol. The van der Waals surface area contributed by atoms with Gasteiger partial charge in [-0.05, 0) is 25.5 Å². The summed E-state index contributed by atoms with van der Waals surface area (Å²) in [6.07, 6.45) is 0.785. The van der Waals surface area contributed by atoms with Crippen molar-refractivity contribution >= 4 is 29.0 Å². The first kappa shape index (κ1) is 20.0. The predicted octanol–water partition coefficient (Wildman–Crippen LogP) is 4.53. The second-order valence-corrected chi connectivity index (χ2v) is 7.83. The van der Waals surface area contributed by atoms with E-state index in [1.807, 2.05) is 24.3 Å². The Morgan fingerprint density at radius 2 is 2.07 bits per heavy atom. The Morgan fingerprint density at radius 3 is 2.75 bits per heavy atom. The molecular formula is C20H22N2O5S. The van der Waals surface area contributed by atoms with E-state index >= 15 is 0 Å². The van der Waals surface area contributed by atoms with Crippen molar-refractivity contribution in [2.45, 2.75) is 30.4 Å². The van der Waals surface area contributed by atoms with E-state index in [1.165, 1.54) is 19.2 Å². The van der Waals surface area contributed by atoms with Crippen LogP contribution < -0.4 is 14.4 Å². The van der Waals surface area contributed by atoms with Gasteiger partial charge in [-0.2, -0.15) is 0 Å². The number of benzene rings is 2. The summed E-state index contributed by atoms with van der Waals surface area (Å²) in [6, 6.07) is 10.3. The van der Waals surface area contributed by atoms with E-state index in [2.05, 4.69) is 6.92 Å². The highest BCUT2D eigenvalue weighted by Gasteiger charge is 2.31. The number of nitrogens with zero attached hydrogens (tertiary/aromatic N) is 2. The van der Waals surface area contributed by atoms with Crippen LogP contribution in [-0.4, -0.2) is 36.3 Å². The summed E-state index contributed by atoms with van der Waals surface area (Å²) >= 11 is 1.70. The van der Waals surface area contributed by atoms with E-state index in [9.17, 15) is 14.9 Å². The highest BCUT2D eigenvalue weighted by atomic mass is 32.2. The highest BCUT2D eigenvalue weighted by Crippen LogP contribution is 2.40. The number of para-hydroxylation sites is 1. The van der Waals surface area contributed by atoms with Crippen molar-refractivity contribution in [1.29, 1.82) is 0 Å². The van der Waals surface area contributed by atoms with Gasteiger partial charge in [-0.25, -0.2) is 0 Å². The minimum atomic E-state index is -0.559. The Labute approximate surface area is 167 Å². The molecule has 0 saturated carbocycles. The normalized spacial score (nSPS) is 16.1. The first-order chi connectivity index (χ1) is 13.5. The minimum Gasteiger partial charge on any atom is -0.493 e. The fraction of sp³-hybridized carbons (Fsp3) is 0.350. The van der Waals surface area contributed by atoms with Crippen LogP contribution in [0.4, 0.5) is 11.4 Å². The Hall–Kier alpha value is -2.74. The number of anilines is 1. The van der Waals surface area contributed by atoms with Crippen LogP contribution in [0.2, 0.25) is 0 Å². The molecule has 1 aliphatic rings. The highest BCUT2D eigenvalue weighted by molar-refractivity contribution is 8.00. The third-order valence-electron chi connectivity index (χ3n) is 4.50. The molecule has 28 heavy (non-hydrogen) atoms. The smallest absolute Gasteiger partial charge is 0.286 e. The Kier molecular flexibility index (Phi) is 6.08. The van der Waals surface area contributed by atoms with Gasteiger partial charge < -0.3 is 14.4 Å². The molecule has 1 aliphatic heterocycles. The fourth-order valence-corrected chi connectivity index (χ4v) is 4.26. The standard InChI is InChI=1S/C20H22N2O5S/c1-4-27-18-12-16(22(24)25)14(11-17(18)26-3)20(23)21-10-9-13(2)28-19-8-6-5-7-15(19)21/h5-8,11-13H,4,9-10H2,1-3H3/t13-/m0/s1. The number of thioether (sulfide) groups is 1. The molecule has 0 N–H and O–H groups in total. The number of fused-ring (bicyclic) bond motifs is 1. The van der Waals surface area contributed by atoms with Crippen molar-refractivity contribution in [3.8, 4) is 11.5 Å². The van der Waals surface area contributed by atoms with Gasteiger partial charge in [0.2, 0.25) is 0 Å². The van der Waals surface area contributed by atoms with Gasteiger partial charge in [0.15, 0.2) is 11.5 Å². The van der Waals surface area contributed by atoms with Gasteiger partial charge in [-0.15, -0.1) is 11.8 Å². The number of carbonyl (C=O) groups excluding carboxylic acids is 1. The number of rotatable bonds is 5. The zero-order chi connectivity index (χ0) is 20.3. The van der Waals surface area contributed by atoms with E-state index in [4.69, 9.17) is 9.47 Å². The summed E-state index contributed by atoms with van der Waals surface area (Å²) in [5.74, 6) is 0.116. The van der Waals surface area contributed by atoms with Crippen molar-refractivity contribution in [3.63, 3.8) is 0 Å². The van der Waals surface area contributed by atoms with E-state index in [-0.39, 0.29) is 17.0 Å². The number of nitro groups is 1. The van der Waals surface area contributed by atoms with Crippen molar-refractivity contribution in [2.24, 2.45) is 0 Å². The largest absolute Gasteiger partial charge is 0.493 e. The minimum absolute atomic E-state index is 0.0142. The topological polar surface area (TPSA) is 81.9 Å². The van der Waals surface area contributed by atoms with Crippen LogP contribution in [0.3, 0.4) is 0 Å². The Balaban J connectivity index is 2.10. The van der Waals surface area contributed by atoms with E-state index in [0.29, 0.717) is 24.2 Å². The molecule has 0 radical (unpaired) electrons. The maximum atomic E-state index is 13.4. The maximum absolute atomic E-state index is 13.4. The quantitative estimate of drug-likeness (QED) is 0.540. The average molecular weight is 402 g/mol. The van der Waals surface area contributed by atoms with Crippen LogP contribution in [0.5, 0.6) is 11.5 Å². The van der Waals surface area contributed by atoms with Crippen LogP contribution >= 0.6 is 11.8 Å². The first-order valence-corrected chi connectivity index (χ1v) is 9.91. The van der Waals surface area contributed by atoms with Crippen molar-refractivity contribution in [3.05, 3.63) is 52.1 Å². The van der Waals surface area contributed by atoms with Gasteiger partial charge in [0.05, 0.1) is 30.4 Å². The van der Waals surface area contributed by atoms with Gasteiger partial charge in [0.1, 0.15) is 5.56 Å². The van der Waals surface area contributed by atoms with Crippen molar-refractivity contribution in [2.75, 3.05) is 25.2 Å². The number of hydrogen-bond acceptors (Lipinski definition) is 6. The summed E-state index contributed by atoms with van der Waals surface area (Å²) in [6.45, 7) is 4.70. The van der Waals surface area contributed by atoms with Crippen molar-refractivity contribution < 1.29 is 19.2 Å². The molecule has 0 spiro atoms. The number of amides is 1. The molecule has 0 aliphatic carbocycles. The maximum Gasteiger partial charge on any atom is 0.286 e. The van der Waals surface area contributed by atoms with Gasteiger partial charge in [0.25, 0.3) is 11.6 Å². The number of hydrogen-bond donors (Lipinski definition) is 0. The zero-order valence-corrected chi connectivity index (χ0v) is 16.8. The molecule has 1 atom stereocenters. The predicted molar refractivity (Wildman–Crippen MR) is 109 cm³/mol. The van der Waals surface area contributed by atoms with Gasteiger partial charge in [-0.1, -0.05) is 19.1 Å². The molecule has 0 unspecified atom stereocenters. The number of ether oxygens (including phenoxy) is 2. The van der Waals surface area contributed by atoms with E-state index in [1.54, 1.807) is 23.6 Å². The summed E-state index contributed by atoms with van der Waals surface area (Å²) in [5.41, 5.74) is 0.459. The second kappa shape index (κ2) is 8.52. The fourth-order valence-electron chi connectivity index (χ4n) is 3.14. The lowest BCUT2D eigenvalue weighted by Gasteiger charge is -2.23. The third kappa shape index (κ3) is 3.91. The lowest BCUT2D eigenvalue weighted by Crippen LogP contribution is -2.32. The van der Waals surface area contributed by atoms with E-state index in [0.717, 1.165) is 17.0 Å². The molecule has 1 heterocycles. The third-order valence-corrected chi connectivity index (χ3v) is 5.73. The molecular weight excluding hydrogens is 380 g/mol. The molecule has 8 heteroatoms. The molecule has 7 nitrogen and oxygen atoms in total. The molecule has 0 saturated heterocycles. The Morgan fingerprint density at radius 1 is 1.32 bits per heavy atom. The van der Waals surface area contributed by atoms with Crippen LogP contribution in [-0.2, 0) is 0 Å². The van der Waals surface area contributed by atoms with Crippen LogP contribution in [0.25, 0.3) is 0 Å². The summed E-state index contributed by atoms with van der Waals surface area (Å²) < 4.78 is 10.7.